The summed E-state index contributed by atoms with van der Waals surface area (Å²) in [4.78, 5) is 18.4. The van der Waals surface area contributed by atoms with Gasteiger partial charge in [-0.3, -0.25) is 5.10 Å². The Bertz CT molecular complexity index is 1090. The second kappa shape index (κ2) is 9.06. The number of anilines is 1. The number of ketones is 1. The molecule has 8 heteroatoms. The van der Waals surface area contributed by atoms with Gasteiger partial charge in [-0.25, -0.2) is 9.78 Å². The highest BCUT2D eigenvalue weighted by Gasteiger charge is 2.21. The lowest BCUT2D eigenvalue weighted by Gasteiger charge is -2.21. The van der Waals surface area contributed by atoms with E-state index in [1.165, 1.54) is 12.0 Å². The van der Waals surface area contributed by atoms with Crippen molar-refractivity contribution in [1.82, 2.24) is 20.0 Å². The maximum Gasteiger partial charge on any atom is 0.231 e. The molecule has 0 bridgehead atoms. The zero-order valence-electron chi connectivity index (χ0n) is 18.4. The lowest BCUT2D eigenvalue weighted by Crippen LogP contribution is -2.24. The van der Waals surface area contributed by atoms with Crippen LogP contribution in [0.25, 0.3) is 0 Å². The van der Waals surface area contributed by atoms with Gasteiger partial charge in [-0.2, -0.15) is 0 Å². The molecule has 1 aromatic carbocycles. The summed E-state index contributed by atoms with van der Waals surface area (Å²) in [6, 6.07) is 10.2. The number of pyridine rings is 1. The first kappa shape index (κ1) is 20.6. The van der Waals surface area contributed by atoms with Crippen LogP contribution in [0.1, 0.15) is 54.7 Å². The SMILES string of the molecule is CC(=O)CC(Cn1nc(CCCc2ccc3c(n2)NCCC3)[nH]1)c1ccc2c(c1)OCO2. The molecule has 0 saturated heterocycles. The summed E-state index contributed by atoms with van der Waals surface area (Å²) in [6.45, 7) is 3.51. The Kier molecular flexibility index (Phi) is 5.83. The van der Waals surface area contributed by atoms with Gasteiger partial charge in [-0.15, -0.1) is 5.10 Å². The van der Waals surface area contributed by atoms with Crippen LogP contribution in [-0.4, -0.2) is 39.1 Å². The normalized spacial score (nSPS) is 15.3. The molecule has 4 heterocycles. The molecule has 1 atom stereocenters. The summed E-state index contributed by atoms with van der Waals surface area (Å²) < 4.78 is 10.9. The van der Waals surface area contributed by atoms with Crippen LogP contribution in [0.4, 0.5) is 5.82 Å². The number of Topliss-reactive ketones (excluding diaryl/α,β-unsaturated/α-hetero) is 1. The van der Waals surface area contributed by atoms with Gasteiger partial charge >= 0.3 is 0 Å². The van der Waals surface area contributed by atoms with E-state index in [1.54, 1.807) is 6.92 Å². The fourth-order valence-electron chi connectivity index (χ4n) is 4.45. The first-order valence-electron chi connectivity index (χ1n) is 11.4. The lowest BCUT2D eigenvalue weighted by atomic mass is 9.93. The molecule has 3 aromatic rings. The minimum absolute atomic E-state index is 0.0343. The summed E-state index contributed by atoms with van der Waals surface area (Å²) >= 11 is 0. The molecule has 2 aliphatic rings. The number of rotatable bonds is 9. The number of ether oxygens (including phenoxy) is 2. The molecule has 0 aliphatic carbocycles. The predicted molar refractivity (Wildman–Crippen MR) is 120 cm³/mol. The number of aromatic nitrogens is 4. The van der Waals surface area contributed by atoms with Crippen LogP contribution in [0.5, 0.6) is 11.5 Å². The van der Waals surface area contributed by atoms with Crippen molar-refractivity contribution in [2.45, 2.75) is 57.9 Å². The van der Waals surface area contributed by atoms with Gasteiger partial charge in [-0.05, 0) is 61.9 Å². The number of carbonyl (C=O) groups is 1. The Morgan fingerprint density at radius 2 is 2.06 bits per heavy atom. The van der Waals surface area contributed by atoms with Crippen molar-refractivity contribution in [3.63, 3.8) is 0 Å². The van der Waals surface area contributed by atoms with Gasteiger partial charge in [-0.1, -0.05) is 12.1 Å². The third kappa shape index (κ3) is 4.64. The van der Waals surface area contributed by atoms with Gasteiger partial charge in [0.1, 0.15) is 17.4 Å². The molecule has 0 fully saturated rings. The maximum atomic E-state index is 11.8. The van der Waals surface area contributed by atoms with Gasteiger partial charge in [0.2, 0.25) is 6.79 Å². The van der Waals surface area contributed by atoms with E-state index in [1.807, 2.05) is 23.0 Å². The zero-order chi connectivity index (χ0) is 21.9. The van der Waals surface area contributed by atoms with Gasteiger partial charge in [0, 0.05) is 31.0 Å². The Hall–Kier alpha value is -3.29. The van der Waals surface area contributed by atoms with E-state index in [9.17, 15) is 4.79 Å². The number of H-pyrrole nitrogens is 1. The monoisotopic (exact) mass is 435 g/mol. The van der Waals surface area contributed by atoms with E-state index < -0.39 is 0 Å². The molecule has 1 unspecified atom stereocenters. The van der Waals surface area contributed by atoms with Crippen molar-refractivity contribution in [3.05, 3.63) is 53.0 Å². The summed E-state index contributed by atoms with van der Waals surface area (Å²) in [7, 11) is 0. The highest BCUT2D eigenvalue weighted by atomic mass is 16.7. The molecule has 5 rings (SSSR count). The standard InChI is InChI=1S/C24H29N5O3/c1-16(30)12-19(18-8-10-21-22(13-18)32-15-31-21)14-29-27-23(28-29)6-2-5-20-9-7-17-4-3-11-25-24(17)26-20/h7-10,13,19H,2-6,11-12,14-15H2,1H3,(H,25,26)(H,27,28). The van der Waals surface area contributed by atoms with Crippen molar-refractivity contribution >= 4 is 11.6 Å². The van der Waals surface area contributed by atoms with Crippen molar-refractivity contribution in [2.24, 2.45) is 0 Å². The first-order chi connectivity index (χ1) is 15.6. The number of aryl methyl sites for hydroxylation is 3. The van der Waals surface area contributed by atoms with E-state index in [0.717, 1.165) is 66.6 Å². The minimum Gasteiger partial charge on any atom is -0.454 e. The number of benzene rings is 1. The van der Waals surface area contributed by atoms with Crippen LogP contribution in [0.15, 0.2) is 30.3 Å². The first-order valence-corrected chi connectivity index (χ1v) is 11.4. The van der Waals surface area contributed by atoms with Gasteiger partial charge in [0.15, 0.2) is 11.5 Å². The average molecular weight is 436 g/mol. The Morgan fingerprint density at radius 1 is 1.19 bits per heavy atom. The summed E-state index contributed by atoms with van der Waals surface area (Å²) in [5.41, 5.74) is 3.50. The van der Waals surface area contributed by atoms with E-state index >= 15 is 0 Å². The number of nitrogens with zero attached hydrogens (tertiary/aromatic N) is 3. The smallest absolute Gasteiger partial charge is 0.231 e. The van der Waals surface area contributed by atoms with Crippen molar-refractivity contribution in [2.75, 3.05) is 18.7 Å². The topological polar surface area (TPSA) is 94.1 Å². The molecule has 0 amide bonds. The largest absolute Gasteiger partial charge is 0.454 e. The lowest BCUT2D eigenvalue weighted by molar-refractivity contribution is -0.117. The quantitative estimate of drug-likeness (QED) is 0.533. The van der Waals surface area contributed by atoms with Crippen molar-refractivity contribution < 1.29 is 14.3 Å². The van der Waals surface area contributed by atoms with E-state index in [4.69, 9.17) is 14.5 Å². The molecule has 0 saturated carbocycles. The van der Waals surface area contributed by atoms with E-state index in [-0.39, 0.29) is 18.5 Å². The van der Waals surface area contributed by atoms with Crippen LogP contribution in [-0.2, 0) is 30.6 Å². The number of fused-ring (bicyclic) bond motifs is 2. The van der Waals surface area contributed by atoms with Crippen molar-refractivity contribution in [1.29, 1.82) is 0 Å². The second-order valence-corrected chi connectivity index (χ2v) is 8.65. The number of hydrogen-bond donors (Lipinski definition) is 2. The second-order valence-electron chi connectivity index (χ2n) is 8.65. The molecule has 2 aromatic heterocycles. The van der Waals surface area contributed by atoms with E-state index in [0.29, 0.717) is 13.0 Å². The molecule has 8 nitrogen and oxygen atoms in total. The number of aromatic amines is 1. The average Bonchev–Trinajstić information content (AvgIpc) is 3.24. The molecule has 0 radical (unpaired) electrons. The minimum atomic E-state index is 0.0343. The van der Waals surface area contributed by atoms with Crippen LogP contribution in [0.2, 0.25) is 0 Å². The number of hydrogen-bond acceptors (Lipinski definition) is 6. The van der Waals surface area contributed by atoms with Crippen LogP contribution in [0.3, 0.4) is 0 Å². The third-order valence-electron chi connectivity index (χ3n) is 6.09. The summed E-state index contributed by atoms with van der Waals surface area (Å²) in [5.74, 6) is 3.72. The number of carbonyl (C=O) groups excluding carboxylic acids is 1. The predicted octanol–water partition coefficient (Wildman–Crippen LogP) is 3.63. The van der Waals surface area contributed by atoms with Crippen LogP contribution >= 0.6 is 0 Å². The van der Waals surface area contributed by atoms with Crippen LogP contribution < -0.4 is 14.8 Å². The summed E-state index contributed by atoms with van der Waals surface area (Å²) in [5, 5.41) is 11.3. The fourth-order valence-corrected chi connectivity index (χ4v) is 4.45. The van der Waals surface area contributed by atoms with Gasteiger partial charge in [0.25, 0.3) is 0 Å². The van der Waals surface area contributed by atoms with E-state index in [2.05, 4.69) is 27.6 Å². The molecule has 2 aliphatic heterocycles. The molecule has 2 N–H and O–H groups in total. The maximum absolute atomic E-state index is 11.8. The fraction of sp³-hybridized carbons (Fsp3) is 0.458. The Labute approximate surface area is 187 Å². The van der Waals surface area contributed by atoms with Gasteiger partial charge in [0.05, 0.1) is 6.54 Å². The molecule has 0 spiro atoms. The van der Waals surface area contributed by atoms with Crippen LogP contribution in [0, 0.1) is 0 Å². The Balaban J connectivity index is 1.15. The highest BCUT2D eigenvalue weighted by molar-refractivity contribution is 5.76. The number of nitrogens with one attached hydrogen (secondary N) is 2. The molecular weight excluding hydrogens is 406 g/mol. The Morgan fingerprint density at radius 3 is 2.94 bits per heavy atom. The molecular formula is C24H29N5O3. The highest BCUT2D eigenvalue weighted by Crippen LogP contribution is 2.36. The van der Waals surface area contributed by atoms with Gasteiger partial charge < -0.3 is 19.6 Å². The zero-order valence-corrected chi connectivity index (χ0v) is 18.4. The third-order valence-corrected chi connectivity index (χ3v) is 6.09. The summed E-state index contributed by atoms with van der Waals surface area (Å²) in [6.07, 6.45) is 5.55. The van der Waals surface area contributed by atoms with Crippen molar-refractivity contribution in [3.8, 4) is 11.5 Å². The molecule has 168 valence electrons. The molecule has 32 heavy (non-hydrogen) atoms.